The van der Waals surface area contributed by atoms with Gasteiger partial charge in [-0.15, -0.1) is 0 Å². The van der Waals surface area contributed by atoms with Gasteiger partial charge in [-0.2, -0.15) is 4.98 Å². The summed E-state index contributed by atoms with van der Waals surface area (Å²) in [5.74, 6) is 0.468. The van der Waals surface area contributed by atoms with Crippen LogP contribution in [0.3, 0.4) is 0 Å². The van der Waals surface area contributed by atoms with E-state index in [2.05, 4.69) is 4.98 Å². The summed E-state index contributed by atoms with van der Waals surface area (Å²) in [6.07, 6.45) is 0. The zero-order valence-corrected chi connectivity index (χ0v) is 10.4. The molecule has 0 fully saturated rings. The smallest absolute Gasteiger partial charge is 0.872 e. The minimum Gasteiger partial charge on any atom is -0.872 e. The predicted octanol–water partition coefficient (Wildman–Crippen LogP) is -0.700. The van der Waals surface area contributed by atoms with Crippen molar-refractivity contribution in [2.45, 2.75) is 6.92 Å². The SMILES string of the molecule is Cc1ccc2[nH+]c(-c3ccccc3[O-])oc2c1.[Li+]. The number of fused-ring (bicyclic) bond motifs is 1. The van der Waals surface area contributed by atoms with E-state index in [0.29, 0.717) is 11.5 Å². The topological polar surface area (TPSA) is 50.3 Å². The van der Waals surface area contributed by atoms with Gasteiger partial charge in [0.1, 0.15) is 0 Å². The molecule has 1 N–H and O–H groups in total. The van der Waals surface area contributed by atoms with E-state index in [9.17, 15) is 5.11 Å². The zero-order chi connectivity index (χ0) is 11.8. The van der Waals surface area contributed by atoms with Crippen LogP contribution in [0.1, 0.15) is 5.56 Å². The number of aryl methyl sites for hydroxylation is 1. The summed E-state index contributed by atoms with van der Waals surface area (Å²) in [6.45, 7) is 2.00. The van der Waals surface area contributed by atoms with Gasteiger partial charge in [0.05, 0.1) is 5.56 Å². The molecule has 84 valence electrons. The first-order chi connectivity index (χ1) is 8.24. The van der Waals surface area contributed by atoms with Crippen LogP contribution in [0.4, 0.5) is 0 Å². The van der Waals surface area contributed by atoms with Gasteiger partial charge in [-0.25, -0.2) is 0 Å². The summed E-state index contributed by atoms with van der Waals surface area (Å²) >= 11 is 0. The summed E-state index contributed by atoms with van der Waals surface area (Å²) in [5.41, 5.74) is 3.35. The maximum absolute atomic E-state index is 11.7. The second-order valence-corrected chi connectivity index (χ2v) is 4.05. The minimum atomic E-state index is -0.0421. The van der Waals surface area contributed by atoms with Crippen molar-refractivity contribution in [1.82, 2.24) is 0 Å². The van der Waals surface area contributed by atoms with Gasteiger partial charge in [0, 0.05) is 6.07 Å². The molecule has 0 atom stereocenters. The van der Waals surface area contributed by atoms with Gasteiger partial charge in [-0.1, -0.05) is 30.0 Å². The number of benzene rings is 2. The van der Waals surface area contributed by atoms with E-state index < -0.39 is 0 Å². The van der Waals surface area contributed by atoms with Gasteiger partial charge < -0.3 is 9.52 Å². The zero-order valence-electron chi connectivity index (χ0n) is 10.4. The largest absolute Gasteiger partial charge is 1.00 e. The molecule has 2 aromatic carbocycles. The fourth-order valence-electron chi connectivity index (χ4n) is 1.85. The van der Waals surface area contributed by atoms with E-state index >= 15 is 0 Å². The van der Waals surface area contributed by atoms with Gasteiger partial charge >= 0.3 is 24.8 Å². The van der Waals surface area contributed by atoms with Crippen LogP contribution in [0.25, 0.3) is 22.6 Å². The molecule has 0 bridgehead atoms. The maximum atomic E-state index is 11.7. The predicted molar refractivity (Wildman–Crippen MR) is 62.4 cm³/mol. The van der Waals surface area contributed by atoms with Gasteiger partial charge in [0.15, 0.2) is 0 Å². The van der Waals surface area contributed by atoms with Crippen LogP contribution in [-0.4, -0.2) is 0 Å². The van der Waals surface area contributed by atoms with Crippen molar-refractivity contribution in [1.29, 1.82) is 0 Å². The molecule has 0 radical (unpaired) electrons. The fraction of sp³-hybridized carbons (Fsp3) is 0.0714. The van der Waals surface area contributed by atoms with E-state index in [1.54, 1.807) is 12.1 Å². The monoisotopic (exact) mass is 232 g/mol. The van der Waals surface area contributed by atoms with Crippen LogP contribution in [0.5, 0.6) is 5.75 Å². The molecule has 0 amide bonds. The van der Waals surface area contributed by atoms with Crippen molar-refractivity contribution in [3.05, 3.63) is 48.0 Å². The van der Waals surface area contributed by atoms with Gasteiger partial charge in [0.2, 0.25) is 11.1 Å². The molecule has 3 rings (SSSR count). The van der Waals surface area contributed by atoms with Crippen LogP contribution >= 0.6 is 0 Å². The average Bonchev–Trinajstić information content (AvgIpc) is 2.72. The number of aromatic nitrogens is 1. The molecule has 3 nitrogen and oxygen atoms in total. The van der Waals surface area contributed by atoms with E-state index in [1.807, 2.05) is 31.2 Å². The average molecular weight is 232 g/mol. The number of rotatable bonds is 1. The van der Waals surface area contributed by atoms with Crippen molar-refractivity contribution in [2.75, 3.05) is 0 Å². The van der Waals surface area contributed by atoms with Crippen molar-refractivity contribution in [3.63, 3.8) is 0 Å². The van der Waals surface area contributed by atoms with Crippen LogP contribution < -0.4 is 29.0 Å². The van der Waals surface area contributed by atoms with E-state index in [4.69, 9.17) is 4.42 Å². The molecule has 0 aliphatic rings. The Morgan fingerprint density at radius 2 is 1.89 bits per heavy atom. The quantitative estimate of drug-likeness (QED) is 0.521. The first-order valence-electron chi connectivity index (χ1n) is 5.43. The molecule has 0 saturated heterocycles. The molecule has 4 heteroatoms. The molecule has 0 aliphatic carbocycles. The van der Waals surface area contributed by atoms with E-state index in [0.717, 1.165) is 16.7 Å². The van der Waals surface area contributed by atoms with Gasteiger partial charge in [-0.05, 0) is 24.6 Å². The molecular formula is C14H11LiNO2+. The Labute approximate surface area is 117 Å². The number of nitrogens with one attached hydrogen (secondary N) is 1. The van der Waals surface area contributed by atoms with Crippen molar-refractivity contribution in [3.8, 4) is 17.2 Å². The Hall–Kier alpha value is -1.69. The summed E-state index contributed by atoms with van der Waals surface area (Å²) in [7, 11) is 0. The van der Waals surface area contributed by atoms with Crippen LogP contribution in [0.2, 0.25) is 0 Å². The van der Waals surface area contributed by atoms with Crippen molar-refractivity contribution in [2.24, 2.45) is 0 Å². The van der Waals surface area contributed by atoms with Crippen molar-refractivity contribution >= 4 is 11.1 Å². The number of oxazole rings is 1. The third-order valence-electron chi connectivity index (χ3n) is 2.73. The molecule has 0 unspecified atom stereocenters. The molecule has 1 heterocycles. The molecule has 0 spiro atoms. The number of para-hydroxylation sites is 1. The Bertz CT molecular complexity index is 691. The Morgan fingerprint density at radius 3 is 2.67 bits per heavy atom. The number of H-pyrrole nitrogens is 1. The summed E-state index contributed by atoms with van der Waals surface area (Å²) < 4.78 is 5.66. The summed E-state index contributed by atoms with van der Waals surface area (Å²) in [5, 5.41) is 11.7. The van der Waals surface area contributed by atoms with Crippen molar-refractivity contribution < 1.29 is 33.4 Å². The molecule has 3 aromatic rings. The van der Waals surface area contributed by atoms with E-state index in [1.165, 1.54) is 6.07 Å². The third kappa shape index (κ3) is 2.15. The second kappa shape index (κ2) is 4.89. The third-order valence-corrected chi connectivity index (χ3v) is 2.73. The minimum absolute atomic E-state index is 0. The molecule has 0 saturated carbocycles. The van der Waals surface area contributed by atoms with Crippen LogP contribution in [0.15, 0.2) is 46.9 Å². The first-order valence-corrected chi connectivity index (χ1v) is 5.43. The Balaban J connectivity index is 0.00000120. The molecule has 0 aliphatic heterocycles. The van der Waals surface area contributed by atoms with Gasteiger partial charge in [0.25, 0.3) is 0 Å². The van der Waals surface area contributed by atoms with Crippen LogP contribution in [0, 0.1) is 6.92 Å². The molecule has 1 aromatic heterocycles. The number of aromatic amines is 1. The first kappa shape index (κ1) is 12.8. The standard InChI is InChI=1S/C14H11NO2.Li/c1-9-6-7-11-13(8-9)17-14(15-11)10-4-2-3-5-12(10)16;/h2-8,16H,1H3;/q;+1. The summed E-state index contributed by atoms with van der Waals surface area (Å²) in [4.78, 5) is 3.11. The van der Waals surface area contributed by atoms with E-state index in [-0.39, 0.29) is 24.6 Å². The normalized spacial score (nSPS) is 10.3. The van der Waals surface area contributed by atoms with Gasteiger partial charge in [-0.3, -0.25) is 0 Å². The fourth-order valence-corrected chi connectivity index (χ4v) is 1.85. The molecule has 18 heavy (non-hydrogen) atoms. The summed E-state index contributed by atoms with van der Waals surface area (Å²) in [6, 6.07) is 12.7. The number of hydrogen-bond donors (Lipinski definition) is 0. The number of hydrogen-bond acceptors (Lipinski definition) is 2. The van der Waals surface area contributed by atoms with Crippen LogP contribution in [-0.2, 0) is 0 Å². The second-order valence-electron chi connectivity index (χ2n) is 4.05. The molecular weight excluding hydrogens is 221 g/mol. The Kier molecular flexibility index (Phi) is 3.47. The Morgan fingerprint density at radius 1 is 1.11 bits per heavy atom. The maximum Gasteiger partial charge on any atom is 1.00 e.